The van der Waals surface area contributed by atoms with Crippen LogP contribution in [0.3, 0.4) is 0 Å². The molecule has 0 spiro atoms. The average molecular weight is 274 g/mol. The van der Waals surface area contributed by atoms with Gasteiger partial charge in [0.25, 0.3) is 5.91 Å². The molecule has 1 atom stereocenters. The monoisotopic (exact) mass is 274 g/mol. The highest BCUT2D eigenvalue weighted by Crippen LogP contribution is 2.11. The predicted molar refractivity (Wildman–Crippen MR) is 72.0 cm³/mol. The Bertz CT molecular complexity index is 610. The van der Waals surface area contributed by atoms with Gasteiger partial charge in [-0.2, -0.15) is 0 Å². The molecule has 7 nitrogen and oxygen atoms in total. The highest BCUT2D eigenvalue weighted by atomic mass is 16.4. The molecule has 7 heteroatoms. The number of nitrogen functional groups attached to an aromatic ring is 1. The van der Waals surface area contributed by atoms with Crippen LogP contribution >= 0.6 is 0 Å². The fraction of sp³-hybridized carbons (Fsp3) is 0.154. The molecule has 1 heterocycles. The summed E-state index contributed by atoms with van der Waals surface area (Å²) in [4.78, 5) is 29.8. The van der Waals surface area contributed by atoms with Gasteiger partial charge >= 0.3 is 5.97 Å². The number of carboxylic acids is 1. The molecule has 2 aromatic rings. The van der Waals surface area contributed by atoms with Gasteiger partial charge in [0.2, 0.25) is 0 Å². The van der Waals surface area contributed by atoms with Gasteiger partial charge < -0.3 is 21.1 Å². The highest BCUT2D eigenvalue weighted by molar-refractivity contribution is 6.00. The van der Waals surface area contributed by atoms with Gasteiger partial charge in [-0.3, -0.25) is 4.79 Å². The van der Waals surface area contributed by atoms with E-state index in [-0.39, 0.29) is 12.0 Å². The molecule has 2 rings (SSSR count). The van der Waals surface area contributed by atoms with Crippen LogP contribution in [0, 0.1) is 0 Å². The summed E-state index contributed by atoms with van der Waals surface area (Å²) in [7, 11) is 0. The van der Waals surface area contributed by atoms with Crippen LogP contribution in [0.15, 0.2) is 36.8 Å². The van der Waals surface area contributed by atoms with E-state index in [4.69, 9.17) is 10.8 Å². The molecular weight excluding hydrogens is 260 g/mol. The van der Waals surface area contributed by atoms with E-state index in [1.54, 1.807) is 24.3 Å². The lowest BCUT2D eigenvalue weighted by Gasteiger charge is -2.14. The van der Waals surface area contributed by atoms with E-state index in [2.05, 4.69) is 15.3 Å². The van der Waals surface area contributed by atoms with Crippen molar-refractivity contribution in [3.63, 3.8) is 0 Å². The first-order chi connectivity index (χ1) is 9.58. The molecular formula is C13H14N4O3. The maximum absolute atomic E-state index is 12.0. The van der Waals surface area contributed by atoms with Crippen molar-refractivity contribution in [1.82, 2.24) is 15.3 Å². The molecule has 0 unspecified atom stereocenters. The van der Waals surface area contributed by atoms with Crippen LogP contribution in [0.5, 0.6) is 0 Å². The molecule has 1 amide bonds. The summed E-state index contributed by atoms with van der Waals surface area (Å²) in [5.74, 6) is -1.64. The van der Waals surface area contributed by atoms with Gasteiger partial charge in [-0.15, -0.1) is 0 Å². The third-order valence-corrected chi connectivity index (χ3v) is 2.79. The van der Waals surface area contributed by atoms with E-state index in [0.717, 1.165) is 0 Å². The standard InChI is InChI=1S/C13H14N4O3/c14-10-4-2-1-3-9(10)12(18)17-11(13(19)20)5-8-6-15-7-16-8/h1-4,6-7,11H,5,14H2,(H,15,16)(H,17,18)(H,19,20)/t11-/m1/s1. The van der Waals surface area contributed by atoms with Gasteiger partial charge in [0.05, 0.1) is 11.9 Å². The number of amides is 1. The number of H-pyrrole nitrogens is 1. The molecule has 0 saturated heterocycles. The third-order valence-electron chi connectivity index (χ3n) is 2.79. The Morgan fingerprint density at radius 2 is 2.15 bits per heavy atom. The number of hydrogen-bond donors (Lipinski definition) is 4. The van der Waals surface area contributed by atoms with E-state index < -0.39 is 17.9 Å². The third kappa shape index (κ3) is 3.14. The number of carbonyl (C=O) groups excluding carboxylic acids is 1. The van der Waals surface area contributed by atoms with Crippen LogP contribution in [0.1, 0.15) is 16.1 Å². The largest absolute Gasteiger partial charge is 0.480 e. The van der Waals surface area contributed by atoms with Crippen molar-refractivity contribution in [2.45, 2.75) is 12.5 Å². The van der Waals surface area contributed by atoms with Crippen LogP contribution in [0.4, 0.5) is 5.69 Å². The number of nitrogens with one attached hydrogen (secondary N) is 2. The van der Waals surface area contributed by atoms with Gasteiger partial charge in [0.15, 0.2) is 0 Å². The van der Waals surface area contributed by atoms with Crippen molar-refractivity contribution >= 4 is 17.6 Å². The summed E-state index contributed by atoms with van der Waals surface area (Å²) in [6.45, 7) is 0. The molecule has 0 saturated carbocycles. The number of nitrogens with two attached hydrogens (primary N) is 1. The Morgan fingerprint density at radius 1 is 1.40 bits per heavy atom. The van der Waals surface area contributed by atoms with Crippen LogP contribution < -0.4 is 11.1 Å². The van der Waals surface area contributed by atoms with E-state index in [1.807, 2.05) is 0 Å². The van der Waals surface area contributed by atoms with Gasteiger partial charge in [-0.1, -0.05) is 12.1 Å². The van der Waals surface area contributed by atoms with Crippen molar-refractivity contribution < 1.29 is 14.7 Å². The van der Waals surface area contributed by atoms with E-state index >= 15 is 0 Å². The van der Waals surface area contributed by atoms with Gasteiger partial charge in [-0.05, 0) is 12.1 Å². The average Bonchev–Trinajstić information content (AvgIpc) is 2.91. The molecule has 0 bridgehead atoms. The van der Waals surface area contributed by atoms with Crippen molar-refractivity contribution in [1.29, 1.82) is 0 Å². The van der Waals surface area contributed by atoms with Gasteiger partial charge in [0, 0.05) is 24.0 Å². The number of aromatic nitrogens is 2. The summed E-state index contributed by atoms with van der Waals surface area (Å²) in [6, 6.07) is 5.43. The molecule has 1 aromatic carbocycles. The van der Waals surface area contributed by atoms with Gasteiger partial charge in [-0.25, -0.2) is 9.78 Å². The minimum absolute atomic E-state index is 0.119. The Balaban J connectivity index is 2.10. The van der Waals surface area contributed by atoms with Crippen molar-refractivity contribution in [2.24, 2.45) is 0 Å². The zero-order valence-electron chi connectivity index (χ0n) is 10.5. The minimum atomic E-state index is -1.12. The predicted octanol–water partition coefficient (Wildman–Crippen LogP) is 0.418. The smallest absolute Gasteiger partial charge is 0.326 e. The lowest BCUT2D eigenvalue weighted by molar-refractivity contribution is -0.139. The fourth-order valence-corrected chi connectivity index (χ4v) is 1.76. The summed E-state index contributed by atoms with van der Waals surface area (Å²) in [5.41, 5.74) is 6.86. The van der Waals surface area contributed by atoms with Crippen molar-refractivity contribution in [2.75, 3.05) is 5.73 Å². The Hall–Kier alpha value is -2.83. The number of rotatable bonds is 5. The Labute approximate surface area is 114 Å². The van der Waals surface area contributed by atoms with E-state index in [9.17, 15) is 9.59 Å². The number of benzene rings is 1. The lowest BCUT2D eigenvalue weighted by atomic mass is 10.1. The SMILES string of the molecule is Nc1ccccc1C(=O)N[C@H](Cc1cnc[nH]1)C(=O)O. The lowest BCUT2D eigenvalue weighted by Crippen LogP contribution is -2.42. The molecule has 0 aliphatic rings. The zero-order valence-corrected chi connectivity index (χ0v) is 10.5. The molecule has 0 aliphatic heterocycles. The van der Waals surface area contributed by atoms with Crippen LogP contribution in [-0.4, -0.2) is 33.0 Å². The number of para-hydroxylation sites is 1. The Kier molecular flexibility index (Phi) is 3.99. The number of carbonyl (C=O) groups is 2. The van der Waals surface area contributed by atoms with E-state index in [0.29, 0.717) is 11.4 Å². The number of aromatic amines is 1. The fourth-order valence-electron chi connectivity index (χ4n) is 1.76. The topological polar surface area (TPSA) is 121 Å². The van der Waals surface area contributed by atoms with E-state index in [1.165, 1.54) is 12.5 Å². The zero-order chi connectivity index (χ0) is 14.5. The number of carboxylic acid groups (broad SMARTS) is 1. The first kappa shape index (κ1) is 13.6. The second kappa shape index (κ2) is 5.87. The molecule has 20 heavy (non-hydrogen) atoms. The molecule has 0 fully saturated rings. The molecule has 5 N–H and O–H groups in total. The normalized spacial score (nSPS) is 11.8. The maximum Gasteiger partial charge on any atom is 0.326 e. The summed E-state index contributed by atoms with van der Waals surface area (Å²) >= 11 is 0. The first-order valence-electron chi connectivity index (χ1n) is 5.93. The summed E-state index contributed by atoms with van der Waals surface area (Å²) in [6.07, 6.45) is 3.08. The molecule has 0 radical (unpaired) electrons. The molecule has 0 aliphatic carbocycles. The Morgan fingerprint density at radius 3 is 2.75 bits per heavy atom. The van der Waals surface area contributed by atoms with Crippen molar-refractivity contribution in [3.05, 3.63) is 48.0 Å². The maximum atomic E-state index is 12.0. The number of aliphatic carboxylic acids is 1. The number of imidazole rings is 1. The van der Waals surface area contributed by atoms with Crippen LogP contribution in [-0.2, 0) is 11.2 Å². The molecule has 104 valence electrons. The quantitative estimate of drug-likeness (QED) is 0.589. The minimum Gasteiger partial charge on any atom is -0.480 e. The second-order valence-electron chi connectivity index (χ2n) is 4.23. The summed E-state index contributed by atoms with van der Waals surface area (Å²) in [5, 5.41) is 11.6. The van der Waals surface area contributed by atoms with Crippen molar-refractivity contribution in [3.8, 4) is 0 Å². The number of hydrogen-bond acceptors (Lipinski definition) is 4. The summed E-state index contributed by atoms with van der Waals surface area (Å²) < 4.78 is 0. The van der Waals surface area contributed by atoms with Crippen LogP contribution in [0.25, 0.3) is 0 Å². The van der Waals surface area contributed by atoms with Gasteiger partial charge in [0.1, 0.15) is 6.04 Å². The number of anilines is 1. The number of nitrogens with zero attached hydrogens (tertiary/aromatic N) is 1. The first-order valence-corrected chi connectivity index (χ1v) is 5.93. The van der Waals surface area contributed by atoms with Crippen LogP contribution in [0.2, 0.25) is 0 Å². The second-order valence-corrected chi connectivity index (χ2v) is 4.23. The molecule has 1 aromatic heterocycles. The highest BCUT2D eigenvalue weighted by Gasteiger charge is 2.22.